The first-order valence-electron chi connectivity index (χ1n) is 10.7. The standard InChI is InChI=1S/C26H20Cl3N3O4/c1-14-18(28)4-3-5-20(14)32-25(34)23(29)24(26(32)35)30-17-9-6-15(7-10-17)12-22(33)31-19-13-16(27)8-11-21(19)36-2/h3-11,13,30H,12H2,1-2H3,(H,31,33). The number of methoxy groups -OCH3 is 1. The molecule has 0 saturated heterocycles. The summed E-state index contributed by atoms with van der Waals surface area (Å²) < 4.78 is 5.25. The molecule has 1 heterocycles. The monoisotopic (exact) mass is 543 g/mol. The number of halogens is 3. The van der Waals surface area contributed by atoms with Crippen LogP contribution in [0.5, 0.6) is 5.75 Å². The number of ether oxygens (including phenoxy) is 1. The fourth-order valence-electron chi connectivity index (χ4n) is 3.68. The van der Waals surface area contributed by atoms with Crippen molar-refractivity contribution in [2.75, 3.05) is 22.6 Å². The lowest BCUT2D eigenvalue weighted by molar-refractivity contribution is -0.120. The Morgan fingerprint density at radius 1 is 0.972 bits per heavy atom. The highest BCUT2D eigenvalue weighted by atomic mass is 35.5. The number of imide groups is 1. The van der Waals surface area contributed by atoms with E-state index in [1.54, 1.807) is 67.6 Å². The fourth-order valence-corrected chi connectivity index (χ4v) is 4.23. The van der Waals surface area contributed by atoms with Gasteiger partial charge in [-0.15, -0.1) is 0 Å². The first-order chi connectivity index (χ1) is 17.2. The van der Waals surface area contributed by atoms with E-state index >= 15 is 0 Å². The van der Waals surface area contributed by atoms with E-state index in [1.165, 1.54) is 7.11 Å². The van der Waals surface area contributed by atoms with E-state index in [1.807, 2.05) is 0 Å². The second kappa shape index (κ2) is 10.6. The van der Waals surface area contributed by atoms with Crippen molar-refractivity contribution >= 4 is 69.6 Å². The molecule has 4 rings (SSSR count). The van der Waals surface area contributed by atoms with Crippen LogP contribution in [0.1, 0.15) is 11.1 Å². The summed E-state index contributed by atoms with van der Waals surface area (Å²) in [7, 11) is 1.50. The summed E-state index contributed by atoms with van der Waals surface area (Å²) in [4.78, 5) is 39.3. The second-order valence-electron chi connectivity index (χ2n) is 7.91. The molecular weight excluding hydrogens is 525 g/mol. The summed E-state index contributed by atoms with van der Waals surface area (Å²) in [5.41, 5.74) is 2.63. The van der Waals surface area contributed by atoms with E-state index in [4.69, 9.17) is 39.5 Å². The Morgan fingerprint density at radius 3 is 2.39 bits per heavy atom. The van der Waals surface area contributed by atoms with Gasteiger partial charge in [0.25, 0.3) is 11.8 Å². The third-order valence-corrected chi connectivity index (χ3v) is 6.53. The second-order valence-corrected chi connectivity index (χ2v) is 9.13. The third kappa shape index (κ3) is 5.18. The van der Waals surface area contributed by atoms with Crippen LogP contribution in [0.2, 0.25) is 10.0 Å². The summed E-state index contributed by atoms with van der Waals surface area (Å²) in [5, 5.41) is 6.38. The number of carbonyl (C=O) groups is 3. The Labute approximate surface area is 222 Å². The zero-order valence-corrected chi connectivity index (χ0v) is 21.5. The predicted octanol–water partition coefficient (Wildman–Crippen LogP) is 5.93. The summed E-state index contributed by atoms with van der Waals surface area (Å²) >= 11 is 18.4. The lowest BCUT2D eigenvalue weighted by Crippen LogP contribution is -2.32. The van der Waals surface area contributed by atoms with E-state index in [0.29, 0.717) is 38.4 Å². The maximum atomic E-state index is 13.0. The van der Waals surface area contributed by atoms with Gasteiger partial charge in [-0.1, -0.05) is 53.0 Å². The van der Waals surface area contributed by atoms with E-state index in [-0.39, 0.29) is 23.1 Å². The van der Waals surface area contributed by atoms with Gasteiger partial charge in [-0.25, -0.2) is 4.90 Å². The maximum Gasteiger partial charge on any atom is 0.283 e. The molecule has 36 heavy (non-hydrogen) atoms. The van der Waals surface area contributed by atoms with Crippen molar-refractivity contribution in [3.05, 3.63) is 92.6 Å². The molecule has 7 nitrogen and oxygen atoms in total. The molecule has 3 aromatic carbocycles. The van der Waals surface area contributed by atoms with Gasteiger partial charge in [0, 0.05) is 15.7 Å². The molecule has 184 valence electrons. The Bertz CT molecular complexity index is 1400. The van der Waals surface area contributed by atoms with Gasteiger partial charge < -0.3 is 15.4 Å². The van der Waals surface area contributed by atoms with Gasteiger partial charge in [0.05, 0.1) is 24.9 Å². The van der Waals surface area contributed by atoms with Gasteiger partial charge in [-0.2, -0.15) is 0 Å². The number of nitrogens with one attached hydrogen (secondary N) is 2. The molecule has 0 bridgehead atoms. The molecule has 2 N–H and O–H groups in total. The smallest absolute Gasteiger partial charge is 0.283 e. The quantitative estimate of drug-likeness (QED) is 0.360. The Morgan fingerprint density at radius 2 is 1.69 bits per heavy atom. The number of benzene rings is 3. The summed E-state index contributed by atoms with van der Waals surface area (Å²) in [6, 6.07) is 16.7. The van der Waals surface area contributed by atoms with Crippen LogP contribution in [-0.2, 0) is 20.8 Å². The molecule has 0 radical (unpaired) electrons. The highest BCUT2D eigenvalue weighted by Gasteiger charge is 2.39. The number of hydrogen-bond acceptors (Lipinski definition) is 5. The van der Waals surface area contributed by atoms with E-state index < -0.39 is 11.8 Å². The van der Waals surface area contributed by atoms with Gasteiger partial charge >= 0.3 is 0 Å². The zero-order chi connectivity index (χ0) is 26.0. The van der Waals surface area contributed by atoms with Crippen LogP contribution in [0, 0.1) is 6.92 Å². The molecule has 1 aliphatic rings. The molecule has 10 heteroatoms. The van der Waals surface area contributed by atoms with Crippen LogP contribution in [-0.4, -0.2) is 24.8 Å². The first-order valence-corrected chi connectivity index (χ1v) is 11.9. The molecule has 1 aliphatic heterocycles. The highest BCUT2D eigenvalue weighted by Crippen LogP contribution is 2.34. The average Bonchev–Trinajstić information content (AvgIpc) is 3.05. The topological polar surface area (TPSA) is 87.7 Å². The van der Waals surface area contributed by atoms with Crippen LogP contribution in [0.25, 0.3) is 0 Å². The van der Waals surface area contributed by atoms with E-state index in [9.17, 15) is 14.4 Å². The number of amides is 3. The number of rotatable bonds is 7. The minimum Gasteiger partial charge on any atom is -0.495 e. The Balaban J connectivity index is 1.45. The van der Waals surface area contributed by atoms with E-state index in [0.717, 1.165) is 10.5 Å². The molecule has 0 aromatic heterocycles. The minimum atomic E-state index is -0.640. The molecule has 0 spiro atoms. The van der Waals surface area contributed by atoms with Gasteiger partial charge in [0.15, 0.2) is 0 Å². The number of nitrogens with zero attached hydrogens (tertiary/aromatic N) is 1. The largest absolute Gasteiger partial charge is 0.495 e. The van der Waals surface area contributed by atoms with Crippen molar-refractivity contribution in [3.63, 3.8) is 0 Å². The Hall–Kier alpha value is -3.52. The molecule has 0 atom stereocenters. The van der Waals surface area contributed by atoms with Crippen molar-refractivity contribution in [1.82, 2.24) is 0 Å². The van der Waals surface area contributed by atoms with Crippen molar-refractivity contribution in [1.29, 1.82) is 0 Å². The fraction of sp³-hybridized carbons (Fsp3) is 0.115. The van der Waals surface area contributed by atoms with Crippen molar-refractivity contribution in [2.24, 2.45) is 0 Å². The number of anilines is 3. The van der Waals surface area contributed by atoms with Crippen molar-refractivity contribution < 1.29 is 19.1 Å². The Kier molecular flexibility index (Phi) is 7.54. The van der Waals surface area contributed by atoms with Crippen LogP contribution in [0.3, 0.4) is 0 Å². The summed E-state index contributed by atoms with van der Waals surface area (Å²) in [6.07, 6.45) is 0.0959. The lowest BCUT2D eigenvalue weighted by Gasteiger charge is -2.18. The highest BCUT2D eigenvalue weighted by molar-refractivity contribution is 6.53. The molecule has 0 saturated carbocycles. The SMILES string of the molecule is COc1ccc(Cl)cc1NC(=O)Cc1ccc(NC2=C(Cl)C(=O)N(c3cccc(Cl)c3C)C2=O)cc1. The lowest BCUT2D eigenvalue weighted by atomic mass is 10.1. The third-order valence-electron chi connectivity index (χ3n) is 5.53. The van der Waals surface area contributed by atoms with Gasteiger partial charge in [0.1, 0.15) is 16.5 Å². The predicted molar refractivity (Wildman–Crippen MR) is 142 cm³/mol. The van der Waals surface area contributed by atoms with Crippen molar-refractivity contribution in [2.45, 2.75) is 13.3 Å². The minimum absolute atomic E-state index is 0.0420. The van der Waals surface area contributed by atoms with Crippen LogP contribution in [0.15, 0.2) is 71.4 Å². The molecular formula is C26H20Cl3N3O4. The molecule has 3 amide bonds. The average molecular weight is 545 g/mol. The van der Waals surface area contributed by atoms with Crippen LogP contribution in [0.4, 0.5) is 17.1 Å². The van der Waals surface area contributed by atoms with Gasteiger partial charge in [-0.3, -0.25) is 14.4 Å². The van der Waals surface area contributed by atoms with Crippen LogP contribution < -0.4 is 20.3 Å². The van der Waals surface area contributed by atoms with E-state index in [2.05, 4.69) is 10.6 Å². The molecule has 0 fully saturated rings. The summed E-state index contributed by atoms with van der Waals surface area (Å²) in [5.74, 6) is -0.991. The van der Waals surface area contributed by atoms with Gasteiger partial charge in [-0.05, 0) is 60.5 Å². The summed E-state index contributed by atoms with van der Waals surface area (Å²) in [6.45, 7) is 1.72. The number of hydrogen-bond donors (Lipinski definition) is 2. The van der Waals surface area contributed by atoms with Crippen molar-refractivity contribution in [3.8, 4) is 5.75 Å². The maximum absolute atomic E-state index is 13.0. The van der Waals surface area contributed by atoms with Crippen LogP contribution >= 0.6 is 34.8 Å². The molecule has 0 aliphatic carbocycles. The zero-order valence-electron chi connectivity index (χ0n) is 19.2. The molecule has 3 aromatic rings. The first kappa shape index (κ1) is 25.6. The normalized spacial score (nSPS) is 13.3. The number of carbonyl (C=O) groups excluding carboxylic acids is 3. The molecule has 0 unspecified atom stereocenters. The van der Waals surface area contributed by atoms with Gasteiger partial charge in [0.2, 0.25) is 5.91 Å².